The molecule has 0 bridgehead atoms. The summed E-state index contributed by atoms with van der Waals surface area (Å²) in [6.07, 6.45) is -2.46. The quantitative estimate of drug-likeness (QED) is 0.478. The highest BCUT2D eigenvalue weighted by atomic mass is 16.4. The topological polar surface area (TPSA) is 149 Å². The first-order valence-electron chi connectivity index (χ1n) is 4.76. The molecule has 8 heteroatoms. The zero-order chi connectivity index (χ0) is 15.5. The number of carboxylic acid groups (broad SMARTS) is 2. The maximum absolute atomic E-state index is 9.79. The molecule has 0 aromatic rings. The van der Waals surface area contributed by atoms with Crippen molar-refractivity contribution in [3.05, 3.63) is 0 Å². The number of carboxylic acids is 2. The van der Waals surface area contributed by atoms with Gasteiger partial charge in [0.15, 0.2) is 11.6 Å². The van der Waals surface area contributed by atoms with Crippen LogP contribution in [-0.4, -0.2) is 56.1 Å². The van der Waals surface area contributed by atoms with E-state index in [-0.39, 0.29) is 11.6 Å². The van der Waals surface area contributed by atoms with E-state index in [0.29, 0.717) is 0 Å². The van der Waals surface area contributed by atoms with Gasteiger partial charge in [-0.1, -0.05) is 0 Å². The predicted octanol–water partition coefficient (Wildman–Crippen LogP) is -0.932. The molecule has 106 valence electrons. The summed E-state index contributed by atoms with van der Waals surface area (Å²) in [4.78, 5) is 38.5. The van der Waals surface area contributed by atoms with Crippen molar-refractivity contribution < 1.29 is 39.6 Å². The van der Waals surface area contributed by atoms with Gasteiger partial charge in [0.05, 0.1) is 0 Å². The summed E-state index contributed by atoms with van der Waals surface area (Å²) in [6.45, 7) is 4.90. The fourth-order valence-corrected chi connectivity index (χ4v) is 0. The van der Waals surface area contributed by atoms with Crippen molar-refractivity contribution in [1.29, 1.82) is 0 Å². The van der Waals surface area contributed by atoms with Crippen LogP contribution in [-0.2, 0) is 19.2 Å². The third kappa shape index (κ3) is 23.8. The molecule has 0 aliphatic carbocycles. The van der Waals surface area contributed by atoms with Gasteiger partial charge in [-0.2, -0.15) is 0 Å². The molecule has 0 aromatic heterocycles. The van der Waals surface area contributed by atoms with Gasteiger partial charge in [-0.25, -0.2) is 9.59 Å². The number of Topliss-reactive ketones (excluding diaryl/α,β-unsaturated/α-hetero) is 2. The maximum atomic E-state index is 9.79. The second kappa shape index (κ2) is 11.7. The van der Waals surface area contributed by atoms with Crippen LogP contribution in [0, 0.1) is 0 Å². The minimum Gasteiger partial charge on any atom is -0.479 e. The van der Waals surface area contributed by atoms with Gasteiger partial charge in [0.2, 0.25) is 0 Å². The van der Waals surface area contributed by atoms with Gasteiger partial charge in [0.1, 0.15) is 12.2 Å². The van der Waals surface area contributed by atoms with Crippen molar-refractivity contribution in [1.82, 2.24) is 0 Å². The van der Waals surface area contributed by atoms with Crippen molar-refractivity contribution in [2.24, 2.45) is 0 Å². The molecule has 8 nitrogen and oxygen atoms in total. The summed E-state index contributed by atoms with van der Waals surface area (Å²) >= 11 is 0. The Morgan fingerprint density at radius 1 is 0.722 bits per heavy atom. The van der Waals surface area contributed by atoms with Crippen molar-refractivity contribution in [3.63, 3.8) is 0 Å². The lowest BCUT2D eigenvalue weighted by atomic mass is 10.3. The molecule has 2 atom stereocenters. The van der Waals surface area contributed by atoms with E-state index in [0.717, 1.165) is 0 Å². The summed E-state index contributed by atoms with van der Waals surface area (Å²) in [5.41, 5.74) is 0. The molecule has 0 aliphatic rings. The number of carbonyl (C=O) groups excluding carboxylic acids is 2. The Labute approximate surface area is 104 Å². The Hall–Kier alpha value is -1.80. The number of hydrogen-bond acceptors (Lipinski definition) is 6. The van der Waals surface area contributed by atoms with E-state index >= 15 is 0 Å². The van der Waals surface area contributed by atoms with E-state index in [2.05, 4.69) is 0 Å². The third-order valence-electron chi connectivity index (χ3n) is 1.21. The first-order valence-corrected chi connectivity index (χ1v) is 4.76. The summed E-state index contributed by atoms with van der Waals surface area (Å²) in [6, 6.07) is 0. The van der Waals surface area contributed by atoms with Crippen molar-refractivity contribution >= 4 is 23.5 Å². The van der Waals surface area contributed by atoms with Crippen molar-refractivity contribution in [3.8, 4) is 0 Å². The highest BCUT2D eigenvalue weighted by molar-refractivity contribution is 6.35. The SMILES string of the molecule is CC(=O)C(C)=O.CC(O)C(=O)O.CC(O)C(=O)O. The molecule has 4 N–H and O–H groups in total. The van der Waals surface area contributed by atoms with Crippen LogP contribution >= 0.6 is 0 Å². The molecule has 0 radical (unpaired) electrons. The molecule has 0 saturated carbocycles. The normalized spacial score (nSPS) is 11.7. The maximum Gasteiger partial charge on any atom is 0.332 e. The van der Waals surface area contributed by atoms with Crippen LogP contribution in [0.25, 0.3) is 0 Å². The lowest BCUT2D eigenvalue weighted by molar-refractivity contribution is -0.146. The van der Waals surface area contributed by atoms with E-state index in [1.807, 2.05) is 0 Å². The number of hydrogen-bond donors (Lipinski definition) is 4. The zero-order valence-corrected chi connectivity index (χ0v) is 10.6. The Morgan fingerprint density at radius 3 is 0.833 bits per heavy atom. The molecule has 2 unspecified atom stereocenters. The standard InChI is InChI=1S/C4H6O2.2C3H6O3/c1-3(5)4(2)6;2*1-2(4)3(5)6/h1-2H3;2*2,4H,1H3,(H,5,6). The molecule has 0 saturated heterocycles. The molecule has 0 heterocycles. The Balaban J connectivity index is -0.000000187. The number of aliphatic hydroxyl groups excluding tert-OH is 2. The first kappa shape index (κ1) is 21.5. The lowest BCUT2D eigenvalue weighted by Crippen LogP contribution is -2.13. The average molecular weight is 266 g/mol. The Kier molecular flexibility index (Phi) is 13.9. The Morgan fingerprint density at radius 2 is 0.833 bits per heavy atom. The number of rotatable bonds is 3. The van der Waals surface area contributed by atoms with Gasteiger partial charge < -0.3 is 20.4 Å². The van der Waals surface area contributed by atoms with Gasteiger partial charge in [-0.15, -0.1) is 0 Å². The van der Waals surface area contributed by atoms with E-state index < -0.39 is 24.1 Å². The van der Waals surface area contributed by atoms with Crippen LogP contribution in [0.15, 0.2) is 0 Å². The fourth-order valence-electron chi connectivity index (χ4n) is 0. The van der Waals surface area contributed by atoms with Crippen LogP contribution < -0.4 is 0 Å². The van der Waals surface area contributed by atoms with Crippen molar-refractivity contribution in [2.45, 2.75) is 39.9 Å². The summed E-state index contributed by atoms with van der Waals surface area (Å²) in [7, 11) is 0. The van der Waals surface area contributed by atoms with Crippen molar-refractivity contribution in [2.75, 3.05) is 0 Å². The summed E-state index contributed by atoms with van der Waals surface area (Å²) < 4.78 is 0. The van der Waals surface area contributed by atoms with Crippen LogP contribution in [0.1, 0.15) is 27.7 Å². The van der Waals surface area contributed by atoms with Crippen LogP contribution in [0.4, 0.5) is 0 Å². The van der Waals surface area contributed by atoms with Crippen LogP contribution in [0.2, 0.25) is 0 Å². The third-order valence-corrected chi connectivity index (χ3v) is 1.21. The summed E-state index contributed by atoms with van der Waals surface area (Å²) in [5.74, 6) is -3.13. The van der Waals surface area contributed by atoms with E-state index in [1.54, 1.807) is 0 Å². The minimum absolute atomic E-state index is 0.380. The van der Waals surface area contributed by atoms with E-state index in [9.17, 15) is 19.2 Å². The van der Waals surface area contributed by atoms with E-state index in [4.69, 9.17) is 20.4 Å². The van der Waals surface area contributed by atoms with Gasteiger partial charge in [0, 0.05) is 13.8 Å². The number of ketones is 2. The van der Waals surface area contributed by atoms with Gasteiger partial charge >= 0.3 is 11.9 Å². The molecular formula is C10H18O8. The van der Waals surface area contributed by atoms with Crippen LogP contribution in [0.3, 0.4) is 0 Å². The number of aliphatic carboxylic acids is 2. The second-order valence-corrected chi connectivity index (χ2v) is 3.14. The highest BCUT2D eigenvalue weighted by Gasteiger charge is 2.02. The minimum atomic E-state index is -1.23. The number of aliphatic hydroxyl groups is 2. The molecular weight excluding hydrogens is 248 g/mol. The largest absolute Gasteiger partial charge is 0.479 e. The molecule has 0 rings (SSSR count). The van der Waals surface area contributed by atoms with Crippen LogP contribution in [0.5, 0.6) is 0 Å². The highest BCUT2D eigenvalue weighted by Crippen LogP contribution is 1.74. The summed E-state index contributed by atoms with van der Waals surface area (Å²) in [5, 5.41) is 31.5. The molecule has 0 fully saturated rings. The smallest absolute Gasteiger partial charge is 0.332 e. The molecule has 0 aromatic carbocycles. The molecule has 0 amide bonds. The van der Waals surface area contributed by atoms with Gasteiger partial charge in [-0.05, 0) is 13.8 Å². The molecule has 18 heavy (non-hydrogen) atoms. The molecule has 0 spiro atoms. The average Bonchev–Trinajstić information content (AvgIpc) is 2.18. The lowest BCUT2D eigenvalue weighted by Gasteiger charge is -1.89. The van der Waals surface area contributed by atoms with Gasteiger partial charge in [0.25, 0.3) is 0 Å². The van der Waals surface area contributed by atoms with E-state index in [1.165, 1.54) is 27.7 Å². The first-order chi connectivity index (χ1) is 7.93. The number of carbonyl (C=O) groups is 4. The molecule has 0 aliphatic heterocycles. The monoisotopic (exact) mass is 266 g/mol. The fraction of sp³-hybridized carbons (Fsp3) is 0.600. The van der Waals surface area contributed by atoms with Gasteiger partial charge in [-0.3, -0.25) is 9.59 Å². The Bertz CT molecular complexity index is 262. The second-order valence-electron chi connectivity index (χ2n) is 3.14. The zero-order valence-electron chi connectivity index (χ0n) is 10.6. The predicted molar refractivity (Wildman–Crippen MR) is 60.0 cm³/mol.